The van der Waals surface area contributed by atoms with E-state index in [2.05, 4.69) is 43.3 Å². The first-order valence-electron chi connectivity index (χ1n) is 6.20. The fourth-order valence-electron chi connectivity index (χ4n) is 1.65. The van der Waals surface area contributed by atoms with Crippen LogP contribution in [0.1, 0.15) is 5.56 Å². The maximum atomic E-state index is 4.20. The van der Waals surface area contributed by atoms with Crippen LogP contribution in [-0.4, -0.2) is 9.78 Å². The first-order valence-corrected chi connectivity index (χ1v) is 7.09. The molecule has 0 N–H and O–H groups in total. The van der Waals surface area contributed by atoms with Crippen molar-refractivity contribution in [1.29, 1.82) is 0 Å². The normalized spacial score (nSPS) is 9.75. The van der Waals surface area contributed by atoms with Crippen LogP contribution in [0.5, 0.6) is 0 Å². The molecule has 0 bridgehead atoms. The second-order valence-electron chi connectivity index (χ2n) is 4.31. The summed E-state index contributed by atoms with van der Waals surface area (Å²) in [6.45, 7) is 2.06. The van der Waals surface area contributed by atoms with E-state index in [0.29, 0.717) is 0 Å². The van der Waals surface area contributed by atoms with Crippen molar-refractivity contribution in [2.75, 3.05) is 0 Å². The third-order valence-electron chi connectivity index (χ3n) is 2.62. The molecule has 0 spiro atoms. The van der Waals surface area contributed by atoms with Gasteiger partial charge in [-0.25, -0.2) is 4.68 Å². The van der Waals surface area contributed by atoms with Crippen LogP contribution in [-0.2, 0) is 0 Å². The van der Waals surface area contributed by atoms with Crippen LogP contribution in [0.15, 0.2) is 76.8 Å². The van der Waals surface area contributed by atoms with Gasteiger partial charge in [-0.05, 0) is 49.4 Å². The molecular weight excluding hydrogens is 284 g/mol. The summed E-state index contributed by atoms with van der Waals surface area (Å²) in [5.41, 5.74) is 2.32. The molecule has 0 aliphatic carbocycles. The van der Waals surface area contributed by atoms with Gasteiger partial charge in [-0.3, -0.25) is 0 Å². The molecule has 0 radical (unpaired) electrons. The number of aryl methyl sites for hydroxylation is 1. The summed E-state index contributed by atoms with van der Waals surface area (Å²) in [7, 11) is 0. The van der Waals surface area contributed by atoms with Crippen LogP contribution >= 0.6 is 25.3 Å². The molecule has 0 saturated heterocycles. The third-order valence-corrected chi connectivity index (χ3v) is 3.20. The van der Waals surface area contributed by atoms with E-state index in [-0.39, 0.29) is 0 Å². The first kappa shape index (κ1) is 14.8. The van der Waals surface area contributed by atoms with Gasteiger partial charge in [0.1, 0.15) is 0 Å². The molecule has 0 saturated carbocycles. The highest BCUT2D eigenvalue weighted by molar-refractivity contribution is 7.80. The molecule has 2 nitrogen and oxygen atoms in total. The fourth-order valence-corrected chi connectivity index (χ4v) is 2.09. The predicted molar refractivity (Wildman–Crippen MR) is 89.2 cm³/mol. The quantitative estimate of drug-likeness (QED) is 0.636. The monoisotopic (exact) mass is 300 g/mol. The number of hydrogen-bond donors (Lipinski definition) is 2. The Balaban J connectivity index is 0.000000160. The van der Waals surface area contributed by atoms with E-state index in [0.717, 1.165) is 15.5 Å². The summed E-state index contributed by atoms with van der Waals surface area (Å²) in [6.07, 6.45) is 3.67. The Labute approximate surface area is 130 Å². The Morgan fingerprint density at radius 2 is 1.65 bits per heavy atom. The zero-order valence-corrected chi connectivity index (χ0v) is 12.9. The minimum atomic E-state index is 0.964. The average molecular weight is 300 g/mol. The van der Waals surface area contributed by atoms with Crippen LogP contribution < -0.4 is 0 Å². The minimum absolute atomic E-state index is 0.964. The summed E-state index contributed by atoms with van der Waals surface area (Å²) in [5.74, 6) is 0. The maximum absolute atomic E-state index is 4.20. The van der Waals surface area contributed by atoms with E-state index in [1.165, 1.54) is 5.56 Å². The van der Waals surface area contributed by atoms with Gasteiger partial charge in [0.05, 0.1) is 5.69 Å². The van der Waals surface area contributed by atoms with Crippen molar-refractivity contribution in [2.45, 2.75) is 16.7 Å². The number of aromatic nitrogens is 2. The van der Waals surface area contributed by atoms with Gasteiger partial charge in [-0.2, -0.15) is 5.10 Å². The van der Waals surface area contributed by atoms with Crippen LogP contribution in [0.4, 0.5) is 0 Å². The second-order valence-corrected chi connectivity index (χ2v) is 5.34. The van der Waals surface area contributed by atoms with Crippen molar-refractivity contribution in [2.24, 2.45) is 0 Å². The van der Waals surface area contributed by atoms with E-state index in [4.69, 9.17) is 0 Å². The number of nitrogens with zero attached hydrogens (tertiary/aromatic N) is 2. The van der Waals surface area contributed by atoms with Gasteiger partial charge in [0.15, 0.2) is 0 Å². The lowest BCUT2D eigenvalue weighted by Crippen LogP contribution is -1.92. The summed E-state index contributed by atoms with van der Waals surface area (Å²) in [4.78, 5) is 2.00. The molecule has 20 heavy (non-hydrogen) atoms. The van der Waals surface area contributed by atoms with Crippen molar-refractivity contribution < 1.29 is 0 Å². The predicted octanol–water partition coefficient (Wildman–Crippen LogP) is 4.44. The Morgan fingerprint density at radius 1 is 0.900 bits per heavy atom. The lowest BCUT2D eigenvalue weighted by molar-refractivity contribution is 0.879. The minimum Gasteiger partial charge on any atom is -0.241 e. The standard InChI is InChI=1S/C9H8N2S.C7H8S/c12-9-4-2-8(3-5-9)11-7-1-6-10-11;1-6-3-2-4-7(8)5-6/h1-7,12H;2-5,8H,1H3. The van der Waals surface area contributed by atoms with Gasteiger partial charge in [-0.1, -0.05) is 17.7 Å². The van der Waals surface area contributed by atoms with Crippen LogP contribution in [0.25, 0.3) is 5.69 Å². The van der Waals surface area contributed by atoms with Gasteiger partial charge in [-0.15, -0.1) is 25.3 Å². The Hall–Kier alpha value is -1.65. The highest BCUT2D eigenvalue weighted by Crippen LogP contribution is 2.10. The smallest absolute Gasteiger partial charge is 0.0646 e. The van der Waals surface area contributed by atoms with Gasteiger partial charge < -0.3 is 0 Å². The van der Waals surface area contributed by atoms with Crippen molar-refractivity contribution >= 4 is 25.3 Å². The summed E-state index contributed by atoms with van der Waals surface area (Å²) in [6, 6.07) is 17.8. The maximum Gasteiger partial charge on any atom is 0.0646 e. The van der Waals surface area contributed by atoms with Gasteiger partial charge in [0.25, 0.3) is 0 Å². The number of rotatable bonds is 1. The lowest BCUT2D eigenvalue weighted by atomic mass is 10.2. The molecule has 1 heterocycles. The largest absolute Gasteiger partial charge is 0.241 e. The summed E-state index contributed by atoms with van der Waals surface area (Å²) < 4.78 is 1.81. The second kappa shape index (κ2) is 7.22. The van der Waals surface area contributed by atoms with E-state index >= 15 is 0 Å². The summed E-state index contributed by atoms with van der Waals surface area (Å²) >= 11 is 8.35. The highest BCUT2D eigenvalue weighted by Gasteiger charge is 1.93. The van der Waals surface area contributed by atoms with Crippen molar-refractivity contribution in [3.05, 3.63) is 72.6 Å². The number of thiol groups is 2. The highest BCUT2D eigenvalue weighted by atomic mass is 32.1. The summed E-state index contributed by atoms with van der Waals surface area (Å²) in [5, 5.41) is 4.11. The van der Waals surface area contributed by atoms with Crippen molar-refractivity contribution in [3.8, 4) is 5.69 Å². The molecule has 0 aliphatic heterocycles. The zero-order valence-electron chi connectivity index (χ0n) is 11.1. The van der Waals surface area contributed by atoms with Gasteiger partial charge in [0, 0.05) is 22.2 Å². The van der Waals surface area contributed by atoms with Gasteiger partial charge >= 0.3 is 0 Å². The average Bonchev–Trinajstić information content (AvgIpc) is 2.94. The molecule has 0 aliphatic rings. The van der Waals surface area contributed by atoms with Gasteiger partial charge in [0.2, 0.25) is 0 Å². The van der Waals surface area contributed by atoms with E-state index in [1.807, 2.05) is 59.4 Å². The Morgan fingerprint density at radius 3 is 2.15 bits per heavy atom. The van der Waals surface area contributed by atoms with E-state index < -0.39 is 0 Å². The molecule has 102 valence electrons. The van der Waals surface area contributed by atoms with Crippen LogP contribution in [0.3, 0.4) is 0 Å². The molecule has 0 fully saturated rings. The van der Waals surface area contributed by atoms with E-state index in [9.17, 15) is 0 Å². The first-order chi connectivity index (χ1) is 9.65. The number of hydrogen-bond acceptors (Lipinski definition) is 3. The van der Waals surface area contributed by atoms with Crippen LogP contribution in [0.2, 0.25) is 0 Å². The molecule has 0 atom stereocenters. The molecule has 0 amide bonds. The molecule has 1 aromatic heterocycles. The van der Waals surface area contributed by atoms with Crippen LogP contribution in [0, 0.1) is 6.92 Å². The topological polar surface area (TPSA) is 17.8 Å². The Kier molecular flexibility index (Phi) is 5.32. The Bertz CT molecular complexity index is 629. The van der Waals surface area contributed by atoms with Crippen molar-refractivity contribution in [3.63, 3.8) is 0 Å². The van der Waals surface area contributed by atoms with E-state index in [1.54, 1.807) is 6.20 Å². The van der Waals surface area contributed by atoms with Crippen molar-refractivity contribution in [1.82, 2.24) is 9.78 Å². The molecule has 3 aromatic rings. The molecule has 4 heteroatoms. The lowest BCUT2D eigenvalue weighted by Gasteiger charge is -1.99. The SMILES string of the molecule is Cc1cccc(S)c1.Sc1ccc(-n2cccn2)cc1. The molecule has 0 unspecified atom stereocenters. The number of benzene rings is 2. The molecule has 3 rings (SSSR count). The molecule has 2 aromatic carbocycles. The molecular formula is C16H16N2S2. The fraction of sp³-hybridized carbons (Fsp3) is 0.0625. The zero-order chi connectivity index (χ0) is 14.4. The third kappa shape index (κ3) is 4.47.